The number of nitrogens with one attached hydrogen (secondary N) is 1. The van der Waals surface area contributed by atoms with Crippen molar-refractivity contribution in [3.63, 3.8) is 0 Å². The van der Waals surface area contributed by atoms with Crippen LogP contribution in [0.15, 0.2) is 17.1 Å². The average molecular weight is 194 g/mol. The number of aromatic amines is 1. The van der Waals surface area contributed by atoms with Gasteiger partial charge in [0.05, 0.1) is 6.54 Å². The molecule has 0 fully saturated rings. The van der Waals surface area contributed by atoms with Crippen LogP contribution in [0.2, 0.25) is 0 Å². The molecule has 1 aromatic heterocycles. The molecule has 2 N–H and O–H groups in total. The average Bonchev–Trinajstić information content (AvgIpc) is 2.18. The normalized spacial score (nSPS) is 15.0. The summed E-state index contributed by atoms with van der Waals surface area (Å²) in [6.45, 7) is 0.642. The third-order valence-electron chi connectivity index (χ3n) is 2.41. The number of hydrogen-bond acceptors (Lipinski definition) is 2. The number of H-pyrrole nitrogens is 1. The van der Waals surface area contributed by atoms with Crippen LogP contribution in [0.25, 0.3) is 0 Å². The molecule has 5 heteroatoms. The molecule has 0 spiro atoms. The van der Waals surface area contributed by atoms with Crippen molar-refractivity contribution in [1.29, 1.82) is 0 Å². The van der Waals surface area contributed by atoms with Gasteiger partial charge in [-0.25, -0.2) is 4.79 Å². The number of rotatable bonds is 0. The Hall–Kier alpha value is -1.78. The molecule has 1 aliphatic heterocycles. The van der Waals surface area contributed by atoms with Crippen molar-refractivity contribution < 1.29 is 9.90 Å². The van der Waals surface area contributed by atoms with Gasteiger partial charge in [-0.15, -0.1) is 0 Å². The first-order chi connectivity index (χ1) is 6.68. The first-order valence-electron chi connectivity index (χ1n) is 4.36. The maximum atomic E-state index is 11.4. The molecule has 0 radical (unpaired) electrons. The van der Waals surface area contributed by atoms with Gasteiger partial charge in [-0.1, -0.05) is 0 Å². The number of pyridine rings is 1. The van der Waals surface area contributed by atoms with Gasteiger partial charge in [0.15, 0.2) is 5.43 Å². The molecule has 74 valence electrons. The topological polar surface area (TPSA) is 73.4 Å². The van der Waals surface area contributed by atoms with E-state index >= 15 is 0 Å². The monoisotopic (exact) mass is 194 g/mol. The molecule has 5 nitrogen and oxygen atoms in total. The van der Waals surface area contributed by atoms with Crippen LogP contribution in [0, 0.1) is 0 Å². The highest BCUT2D eigenvalue weighted by Crippen LogP contribution is 2.12. The smallest absolute Gasteiger partial charge is 0.407 e. The van der Waals surface area contributed by atoms with E-state index in [9.17, 15) is 9.59 Å². The Morgan fingerprint density at radius 1 is 1.57 bits per heavy atom. The van der Waals surface area contributed by atoms with Gasteiger partial charge < -0.3 is 15.0 Å². The Balaban J connectivity index is 2.38. The maximum absolute atomic E-state index is 11.4. The number of carboxylic acid groups (broad SMARTS) is 1. The maximum Gasteiger partial charge on any atom is 0.407 e. The van der Waals surface area contributed by atoms with Crippen molar-refractivity contribution in [3.05, 3.63) is 33.7 Å². The molecule has 1 aliphatic rings. The lowest BCUT2D eigenvalue weighted by atomic mass is 10.1. The van der Waals surface area contributed by atoms with Crippen LogP contribution in [0.4, 0.5) is 4.79 Å². The van der Waals surface area contributed by atoms with Crippen molar-refractivity contribution in [2.24, 2.45) is 0 Å². The summed E-state index contributed by atoms with van der Waals surface area (Å²) in [7, 11) is 0. The third-order valence-corrected chi connectivity index (χ3v) is 2.41. The van der Waals surface area contributed by atoms with Gasteiger partial charge in [-0.05, 0) is 0 Å². The highest BCUT2D eigenvalue weighted by molar-refractivity contribution is 5.65. The summed E-state index contributed by atoms with van der Waals surface area (Å²) < 4.78 is 0. The number of amides is 1. The van der Waals surface area contributed by atoms with E-state index in [0.717, 1.165) is 5.69 Å². The van der Waals surface area contributed by atoms with Crippen LogP contribution >= 0.6 is 0 Å². The van der Waals surface area contributed by atoms with Gasteiger partial charge in [-0.3, -0.25) is 4.79 Å². The van der Waals surface area contributed by atoms with E-state index < -0.39 is 6.09 Å². The zero-order valence-electron chi connectivity index (χ0n) is 7.49. The first kappa shape index (κ1) is 8.80. The van der Waals surface area contributed by atoms with Crippen LogP contribution in [0.5, 0.6) is 0 Å². The Morgan fingerprint density at radius 2 is 2.36 bits per heavy atom. The predicted octanol–water partition coefficient (Wildman–Crippen LogP) is 0.411. The van der Waals surface area contributed by atoms with Crippen LogP contribution < -0.4 is 5.43 Å². The lowest BCUT2D eigenvalue weighted by Crippen LogP contribution is -2.37. The molecule has 0 saturated heterocycles. The van der Waals surface area contributed by atoms with Gasteiger partial charge in [0, 0.05) is 36.5 Å². The second-order valence-corrected chi connectivity index (χ2v) is 3.25. The summed E-state index contributed by atoms with van der Waals surface area (Å²) in [4.78, 5) is 26.3. The largest absolute Gasteiger partial charge is 0.465 e. The number of nitrogens with zero attached hydrogens (tertiary/aromatic N) is 1. The molecule has 0 saturated carbocycles. The van der Waals surface area contributed by atoms with E-state index in [2.05, 4.69) is 4.98 Å². The molecular weight excluding hydrogens is 184 g/mol. The summed E-state index contributed by atoms with van der Waals surface area (Å²) in [6.07, 6.45) is 1.20. The van der Waals surface area contributed by atoms with Crippen molar-refractivity contribution in [2.45, 2.75) is 13.0 Å². The van der Waals surface area contributed by atoms with Crippen LogP contribution in [0.3, 0.4) is 0 Å². The third kappa shape index (κ3) is 1.37. The molecule has 0 aromatic carbocycles. The van der Waals surface area contributed by atoms with E-state index in [1.54, 1.807) is 6.20 Å². The highest BCUT2D eigenvalue weighted by Gasteiger charge is 2.21. The van der Waals surface area contributed by atoms with Crippen molar-refractivity contribution in [1.82, 2.24) is 9.88 Å². The van der Waals surface area contributed by atoms with Gasteiger partial charge in [0.2, 0.25) is 0 Å². The fourth-order valence-electron chi connectivity index (χ4n) is 1.63. The lowest BCUT2D eigenvalue weighted by molar-refractivity contribution is 0.139. The summed E-state index contributed by atoms with van der Waals surface area (Å²) in [5.41, 5.74) is 1.33. The zero-order chi connectivity index (χ0) is 10.1. The van der Waals surface area contributed by atoms with Crippen LogP contribution in [-0.2, 0) is 13.0 Å². The Kier molecular flexibility index (Phi) is 1.99. The van der Waals surface area contributed by atoms with Crippen LogP contribution in [0.1, 0.15) is 11.3 Å². The molecule has 1 aromatic rings. The molecule has 2 rings (SSSR count). The molecule has 14 heavy (non-hydrogen) atoms. The van der Waals surface area contributed by atoms with E-state index in [1.807, 2.05) is 0 Å². The van der Waals surface area contributed by atoms with Crippen LogP contribution in [-0.4, -0.2) is 27.6 Å². The van der Waals surface area contributed by atoms with Gasteiger partial charge >= 0.3 is 6.09 Å². The van der Waals surface area contributed by atoms with Gasteiger partial charge in [0.25, 0.3) is 0 Å². The molecule has 0 aliphatic carbocycles. The SMILES string of the molecule is O=C(O)N1CCc2[nH]ccc(=O)c2C1. The first-order valence-corrected chi connectivity index (χ1v) is 4.36. The van der Waals surface area contributed by atoms with E-state index in [0.29, 0.717) is 18.5 Å². The second kappa shape index (κ2) is 3.17. The minimum Gasteiger partial charge on any atom is -0.465 e. The molecule has 0 atom stereocenters. The standard InChI is InChI=1S/C9H10N2O3/c12-8-1-3-10-7-2-4-11(9(13)14)5-6(7)8/h1,3H,2,4-5H2,(H,10,12)(H,13,14). The lowest BCUT2D eigenvalue weighted by Gasteiger charge is -2.25. The number of aromatic nitrogens is 1. The number of hydrogen-bond donors (Lipinski definition) is 2. The molecule has 1 amide bonds. The minimum atomic E-state index is -0.973. The van der Waals surface area contributed by atoms with E-state index in [4.69, 9.17) is 5.11 Å². The highest BCUT2D eigenvalue weighted by atomic mass is 16.4. The Labute approximate surface area is 80.0 Å². The number of carbonyl (C=O) groups is 1. The quantitative estimate of drug-likeness (QED) is 0.628. The van der Waals surface area contributed by atoms with E-state index in [-0.39, 0.29) is 12.0 Å². The summed E-state index contributed by atoms with van der Waals surface area (Å²) in [5, 5.41) is 8.77. The summed E-state index contributed by atoms with van der Waals surface area (Å²) in [6, 6.07) is 1.42. The molecule has 2 heterocycles. The van der Waals surface area contributed by atoms with Crippen molar-refractivity contribution in [2.75, 3.05) is 6.54 Å². The predicted molar refractivity (Wildman–Crippen MR) is 49.2 cm³/mol. The van der Waals surface area contributed by atoms with Gasteiger partial charge in [0.1, 0.15) is 0 Å². The summed E-state index contributed by atoms with van der Waals surface area (Å²) in [5.74, 6) is 0. The molecule has 0 bridgehead atoms. The zero-order valence-corrected chi connectivity index (χ0v) is 7.49. The molecular formula is C9H10N2O3. The Bertz CT molecular complexity index is 424. The van der Waals surface area contributed by atoms with Gasteiger partial charge in [-0.2, -0.15) is 0 Å². The molecule has 0 unspecified atom stereocenters. The van der Waals surface area contributed by atoms with Crippen molar-refractivity contribution >= 4 is 6.09 Å². The fourth-order valence-corrected chi connectivity index (χ4v) is 1.63. The number of fused-ring (bicyclic) bond motifs is 1. The van der Waals surface area contributed by atoms with E-state index in [1.165, 1.54) is 11.0 Å². The summed E-state index contributed by atoms with van der Waals surface area (Å²) >= 11 is 0. The Morgan fingerprint density at radius 3 is 3.07 bits per heavy atom. The fraction of sp³-hybridized carbons (Fsp3) is 0.333. The second-order valence-electron chi connectivity index (χ2n) is 3.25. The minimum absolute atomic E-state index is 0.0929. The van der Waals surface area contributed by atoms with Crippen molar-refractivity contribution in [3.8, 4) is 0 Å².